The maximum atomic E-state index is 4.94. The van der Waals surface area contributed by atoms with Crippen LogP contribution in [0.1, 0.15) is 28.2 Å². The van der Waals surface area contributed by atoms with E-state index in [-0.39, 0.29) is 0 Å². The molecule has 0 unspecified atom stereocenters. The molecule has 0 fully saturated rings. The first-order valence-electron chi connectivity index (χ1n) is 9.77. The number of aromatic nitrogens is 7. The quantitative estimate of drug-likeness (QED) is 0.390. The Morgan fingerprint density at radius 2 is 2.03 bits per heavy atom. The smallest absolute Gasteiger partial charge is 0.253 e. The molecular formula is C21H17N7S2. The van der Waals surface area contributed by atoms with E-state index in [1.54, 1.807) is 28.2 Å². The van der Waals surface area contributed by atoms with Crippen LogP contribution in [0, 0.1) is 13.8 Å². The van der Waals surface area contributed by atoms with Crippen molar-refractivity contribution < 1.29 is 0 Å². The van der Waals surface area contributed by atoms with E-state index in [0.29, 0.717) is 16.8 Å². The van der Waals surface area contributed by atoms with Crippen molar-refractivity contribution in [3.63, 3.8) is 0 Å². The molecule has 6 rings (SSSR count). The Morgan fingerprint density at radius 3 is 2.90 bits per heavy atom. The van der Waals surface area contributed by atoms with Crippen LogP contribution >= 0.6 is 23.1 Å². The number of thiophene rings is 1. The highest BCUT2D eigenvalue weighted by Crippen LogP contribution is 2.42. The summed E-state index contributed by atoms with van der Waals surface area (Å²) in [7, 11) is 0. The first-order chi connectivity index (χ1) is 14.7. The van der Waals surface area contributed by atoms with Crippen LogP contribution in [0.5, 0.6) is 0 Å². The fraction of sp³-hybridized carbons (Fsp3) is 0.238. The van der Waals surface area contributed by atoms with E-state index in [1.165, 1.54) is 28.6 Å². The number of fused-ring (bicyclic) bond motifs is 4. The molecule has 0 saturated heterocycles. The molecule has 0 saturated carbocycles. The maximum absolute atomic E-state index is 4.94. The molecule has 0 aromatic carbocycles. The summed E-state index contributed by atoms with van der Waals surface area (Å²) in [6.45, 7) is 3.98. The molecule has 30 heavy (non-hydrogen) atoms. The van der Waals surface area contributed by atoms with Crippen LogP contribution in [0.2, 0.25) is 0 Å². The second kappa shape index (κ2) is 6.82. The highest BCUT2D eigenvalue weighted by molar-refractivity contribution is 7.99. The number of hydrogen-bond acceptors (Lipinski definition) is 8. The molecule has 9 heteroatoms. The van der Waals surface area contributed by atoms with Gasteiger partial charge < -0.3 is 0 Å². The molecule has 0 bridgehead atoms. The Bertz CT molecular complexity index is 1420. The molecule has 0 amide bonds. The largest absolute Gasteiger partial charge is 0.264 e. The van der Waals surface area contributed by atoms with Gasteiger partial charge >= 0.3 is 0 Å². The predicted octanol–water partition coefficient (Wildman–Crippen LogP) is 4.45. The molecule has 5 aromatic heterocycles. The van der Waals surface area contributed by atoms with E-state index in [2.05, 4.69) is 20.1 Å². The van der Waals surface area contributed by atoms with E-state index in [0.717, 1.165) is 45.0 Å². The number of hydrogen-bond donors (Lipinski definition) is 0. The lowest BCUT2D eigenvalue weighted by molar-refractivity contribution is 0.842. The van der Waals surface area contributed by atoms with Crippen molar-refractivity contribution in [1.82, 2.24) is 34.5 Å². The lowest BCUT2D eigenvalue weighted by Crippen LogP contribution is -1.97. The fourth-order valence-corrected chi connectivity index (χ4v) is 6.14. The zero-order chi connectivity index (χ0) is 20.2. The van der Waals surface area contributed by atoms with Gasteiger partial charge in [-0.25, -0.2) is 19.5 Å². The molecule has 0 aliphatic heterocycles. The van der Waals surface area contributed by atoms with Gasteiger partial charge in [0.15, 0.2) is 5.82 Å². The summed E-state index contributed by atoms with van der Waals surface area (Å²) in [5.74, 6) is 1.30. The Kier molecular flexibility index (Phi) is 4.07. The summed E-state index contributed by atoms with van der Waals surface area (Å²) in [4.78, 5) is 25.7. The lowest BCUT2D eigenvalue weighted by atomic mass is 10.2. The highest BCUT2D eigenvalue weighted by atomic mass is 32.2. The summed E-state index contributed by atoms with van der Waals surface area (Å²) in [5, 5.41) is 7.38. The van der Waals surface area contributed by atoms with Gasteiger partial charge in [-0.2, -0.15) is 4.98 Å². The van der Waals surface area contributed by atoms with E-state index >= 15 is 0 Å². The van der Waals surface area contributed by atoms with Crippen molar-refractivity contribution in [3.05, 3.63) is 52.4 Å². The third-order valence-electron chi connectivity index (χ3n) is 5.24. The number of aryl methyl sites for hydroxylation is 4. The molecule has 0 spiro atoms. The highest BCUT2D eigenvalue weighted by Gasteiger charge is 2.24. The number of pyridine rings is 1. The minimum absolute atomic E-state index is 0.614. The summed E-state index contributed by atoms with van der Waals surface area (Å²) < 4.78 is 1.79. The maximum Gasteiger partial charge on any atom is 0.253 e. The fourth-order valence-electron chi connectivity index (χ4n) is 3.94. The molecule has 148 valence electrons. The van der Waals surface area contributed by atoms with Crippen molar-refractivity contribution in [2.75, 3.05) is 0 Å². The van der Waals surface area contributed by atoms with Gasteiger partial charge in [0, 0.05) is 39.6 Å². The van der Waals surface area contributed by atoms with Crippen molar-refractivity contribution in [2.24, 2.45) is 0 Å². The van der Waals surface area contributed by atoms with Gasteiger partial charge in [0.2, 0.25) is 5.16 Å². The predicted molar refractivity (Wildman–Crippen MR) is 117 cm³/mol. The summed E-state index contributed by atoms with van der Waals surface area (Å²) in [5.41, 5.74) is 4.25. The van der Waals surface area contributed by atoms with E-state index in [9.17, 15) is 0 Å². The van der Waals surface area contributed by atoms with Gasteiger partial charge in [0.25, 0.3) is 5.78 Å². The van der Waals surface area contributed by atoms with Crippen LogP contribution in [0.15, 0.2) is 40.8 Å². The minimum Gasteiger partial charge on any atom is -0.264 e. The van der Waals surface area contributed by atoms with Gasteiger partial charge in [-0.05, 0) is 68.6 Å². The van der Waals surface area contributed by atoms with Crippen molar-refractivity contribution in [3.8, 4) is 11.4 Å². The molecule has 1 aliphatic carbocycles. The zero-order valence-electron chi connectivity index (χ0n) is 16.5. The monoisotopic (exact) mass is 431 g/mol. The van der Waals surface area contributed by atoms with Crippen LogP contribution in [0.25, 0.3) is 27.4 Å². The Morgan fingerprint density at radius 1 is 1.10 bits per heavy atom. The van der Waals surface area contributed by atoms with Gasteiger partial charge in [-0.1, -0.05) is 0 Å². The van der Waals surface area contributed by atoms with Crippen molar-refractivity contribution >= 4 is 39.1 Å². The van der Waals surface area contributed by atoms with Crippen molar-refractivity contribution in [2.45, 2.75) is 43.3 Å². The Hall–Kier alpha value is -2.91. The number of nitrogens with zero attached hydrogens (tertiary/aromatic N) is 7. The normalized spacial score (nSPS) is 13.4. The van der Waals surface area contributed by atoms with Gasteiger partial charge in [0.1, 0.15) is 9.86 Å². The van der Waals surface area contributed by atoms with E-state index in [1.807, 2.05) is 32.0 Å². The molecule has 0 N–H and O–H groups in total. The van der Waals surface area contributed by atoms with Gasteiger partial charge in [0.05, 0.1) is 0 Å². The summed E-state index contributed by atoms with van der Waals surface area (Å²) in [6, 6.07) is 5.90. The summed E-state index contributed by atoms with van der Waals surface area (Å²) in [6.07, 6.45) is 6.96. The second-order valence-corrected chi connectivity index (χ2v) is 9.42. The topological polar surface area (TPSA) is 81.8 Å². The van der Waals surface area contributed by atoms with E-state index < -0.39 is 0 Å². The first kappa shape index (κ1) is 17.9. The van der Waals surface area contributed by atoms with Gasteiger partial charge in [-0.15, -0.1) is 16.4 Å². The molecule has 0 atom stereocenters. The Balaban J connectivity index is 1.53. The van der Waals surface area contributed by atoms with Gasteiger partial charge in [-0.3, -0.25) is 4.98 Å². The molecule has 7 nitrogen and oxygen atoms in total. The SMILES string of the molecule is Cc1cc(C)n2nc(Sc3nc(-c4cccnc4)nc4sc5c(c34)CCC5)nc2n1. The lowest BCUT2D eigenvalue weighted by Gasteiger charge is -2.05. The Labute approximate surface area is 180 Å². The number of rotatable bonds is 3. The molecule has 0 radical (unpaired) electrons. The molecule has 5 aromatic rings. The molecule has 1 aliphatic rings. The third kappa shape index (κ3) is 2.88. The third-order valence-corrected chi connectivity index (χ3v) is 7.27. The minimum atomic E-state index is 0.614. The average molecular weight is 432 g/mol. The zero-order valence-corrected chi connectivity index (χ0v) is 18.1. The first-order valence-corrected chi connectivity index (χ1v) is 11.4. The van der Waals surface area contributed by atoms with Crippen molar-refractivity contribution in [1.29, 1.82) is 0 Å². The molecular weight excluding hydrogens is 414 g/mol. The van der Waals surface area contributed by atoms with E-state index in [4.69, 9.17) is 9.97 Å². The van der Waals surface area contributed by atoms with Crippen LogP contribution < -0.4 is 0 Å². The van der Waals surface area contributed by atoms with Crippen LogP contribution in [-0.2, 0) is 12.8 Å². The van der Waals surface area contributed by atoms with Crippen LogP contribution in [-0.4, -0.2) is 34.5 Å². The average Bonchev–Trinajstić information content (AvgIpc) is 3.42. The second-order valence-electron chi connectivity index (χ2n) is 7.38. The standard InChI is InChI=1S/C21H17N7S2/c1-11-9-12(2)28-20(23-11)26-21(27-28)30-19-16-14-6-3-7-15(14)29-18(16)24-17(25-19)13-5-4-8-22-10-13/h4-5,8-10H,3,6-7H2,1-2H3. The molecule has 5 heterocycles. The van der Waals surface area contributed by atoms with Crippen LogP contribution in [0.4, 0.5) is 0 Å². The summed E-state index contributed by atoms with van der Waals surface area (Å²) >= 11 is 3.28. The van der Waals surface area contributed by atoms with Crippen LogP contribution in [0.3, 0.4) is 0 Å².